The van der Waals surface area contributed by atoms with E-state index in [0.29, 0.717) is 25.1 Å². The highest BCUT2D eigenvalue weighted by atomic mass is 16.5. The summed E-state index contributed by atoms with van der Waals surface area (Å²) in [5.74, 6) is -0.244. The van der Waals surface area contributed by atoms with Crippen molar-refractivity contribution >= 4 is 11.9 Å². The van der Waals surface area contributed by atoms with Gasteiger partial charge >= 0.3 is 5.97 Å². The molecule has 5 nitrogen and oxygen atoms in total. The van der Waals surface area contributed by atoms with Crippen molar-refractivity contribution in [3.8, 4) is 5.75 Å². The van der Waals surface area contributed by atoms with Crippen molar-refractivity contribution < 1.29 is 19.4 Å². The molecule has 0 aliphatic rings. The fraction of sp³-hybridized carbons (Fsp3) is 0.333. The SMILES string of the molecule is CCC(CC(=O)NCCc1ccc(C(=O)O)cc1OC)c1ccccc1. The number of ether oxygens (including phenoxy) is 1. The Bertz CT molecular complexity index is 743. The summed E-state index contributed by atoms with van der Waals surface area (Å²) in [5.41, 5.74) is 2.23. The van der Waals surface area contributed by atoms with E-state index in [1.807, 2.05) is 18.2 Å². The lowest BCUT2D eigenvalue weighted by Crippen LogP contribution is -2.27. The molecule has 26 heavy (non-hydrogen) atoms. The van der Waals surface area contributed by atoms with Gasteiger partial charge in [0, 0.05) is 13.0 Å². The van der Waals surface area contributed by atoms with Gasteiger partial charge in [-0.1, -0.05) is 43.3 Å². The molecule has 0 heterocycles. The van der Waals surface area contributed by atoms with Gasteiger partial charge in [-0.2, -0.15) is 0 Å². The second kappa shape index (κ2) is 9.61. The van der Waals surface area contributed by atoms with Gasteiger partial charge in [0.2, 0.25) is 5.91 Å². The zero-order valence-electron chi connectivity index (χ0n) is 15.2. The molecule has 0 spiro atoms. The second-order valence-corrected chi connectivity index (χ2v) is 6.15. The molecule has 2 rings (SSSR count). The van der Waals surface area contributed by atoms with Gasteiger partial charge < -0.3 is 15.2 Å². The molecule has 0 bridgehead atoms. The van der Waals surface area contributed by atoms with Crippen LogP contribution in [-0.2, 0) is 11.2 Å². The molecule has 138 valence electrons. The monoisotopic (exact) mass is 355 g/mol. The predicted octanol–water partition coefficient (Wildman–Crippen LogP) is 3.64. The smallest absolute Gasteiger partial charge is 0.335 e. The van der Waals surface area contributed by atoms with Crippen molar-refractivity contribution in [1.82, 2.24) is 5.32 Å². The Kier molecular flexibility index (Phi) is 7.21. The number of carboxylic acids is 1. The molecule has 2 aromatic carbocycles. The largest absolute Gasteiger partial charge is 0.496 e. The third kappa shape index (κ3) is 5.34. The van der Waals surface area contributed by atoms with Crippen LogP contribution < -0.4 is 10.1 Å². The van der Waals surface area contributed by atoms with E-state index >= 15 is 0 Å². The van der Waals surface area contributed by atoms with Gasteiger partial charge in [0.1, 0.15) is 5.75 Å². The molecule has 1 unspecified atom stereocenters. The fourth-order valence-electron chi connectivity index (χ4n) is 2.94. The molecule has 0 aromatic heterocycles. The highest BCUT2D eigenvalue weighted by Gasteiger charge is 2.14. The quantitative estimate of drug-likeness (QED) is 0.720. The standard InChI is InChI=1S/C21H25NO4/c1-3-15(16-7-5-4-6-8-16)14-20(23)22-12-11-17-9-10-18(21(24)25)13-19(17)26-2/h4-10,13,15H,3,11-12,14H2,1-2H3,(H,22,23)(H,24,25). The third-order valence-corrected chi connectivity index (χ3v) is 4.45. The van der Waals surface area contributed by atoms with Crippen LogP contribution in [0.3, 0.4) is 0 Å². The van der Waals surface area contributed by atoms with Crippen molar-refractivity contribution in [3.63, 3.8) is 0 Å². The molecule has 0 saturated carbocycles. The summed E-state index contributed by atoms with van der Waals surface area (Å²) >= 11 is 0. The molecule has 2 aromatic rings. The topological polar surface area (TPSA) is 75.6 Å². The van der Waals surface area contributed by atoms with E-state index in [2.05, 4.69) is 24.4 Å². The summed E-state index contributed by atoms with van der Waals surface area (Å²) in [7, 11) is 1.51. The van der Waals surface area contributed by atoms with Crippen LogP contribution in [0.5, 0.6) is 5.75 Å². The zero-order chi connectivity index (χ0) is 18.9. The Balaban J connectivity index is 1.89. The summed E-state index contributed by atoms with van der Waals surface area (Å²) in [6.07, 6.45) is 1.94. The number of methoxy groups -OCH3 is 1. The molecule has 0 radical (unpaired) electrons. The lowest BCUT2D eigenvalue weighted by Gasteiger charge is -2.15. The van der Waals surface area contributed by atoms with Crippen LogP contribution in [0, 0.1) is 0 Å². The van der Waals surface area contributed by atoms with Gasteiger partial charge in [-0.25, -0.2) is 4.79 Å². The van der Waals surface area contributed by atoms with Crippen molar-refractivity contribution in [2.24, 2.45) is 0 Å². The number of nitrogens with one attached hydrogen (secondary N) is 1. The Hall–Kier alpha value is -2.82. The number of hydrogen-bond donors (Lipinski definition) is 2. The van der Waals surface area contributed by atoms with Crippen LogP contribution in [-0.4, -0.2) is 30.6 Å². The maximum atomic E-state index is 12.3. The van der Waals surface area contributed by atoms with Crippen LogP contribution in [0.25, 0.3) is 0 Å². The minimum Gasteiger partial charge on any atom is -0.496 e. The first kappa shape index (κ1) is 19.5. The van der Waals surface area contributed by atoms with Crippen LogP contribution in [0.1, 0.15) is 47.2 Å². The van der Waals surface area contributed by atoms with Crippen molar-refractivity contribution in [2.45, 2.75) is 32.1 Å². The number of benzene rings is 2. The highest BCUT2D eigenvalue weighted by Crippen LogP contribution is 2.23. The average molecular weight is 355 g/mol. The molecule has 1 atom stereocenters. The van der Waals surface area contributed by atoms with Gasteiger partial charge in [0.15, 0.2) is 0 Å². The highest BCUT2D eigenvalue weighted by molar-refractivity contribution is 5.88. The predicted molar refractivity (Wildman–Crippen MR) is 101 cm³/mol. The number of carbonyl (C=O) groups excluding carboxylic acids is 1. The number of aromatic carboxylic acids is 1. The minimum absolute atomic E-state index is 0.0156. The molecule has 0 aliphatic carbocycles. The third-order valence-electron chi connectivity index (χ3n) is 4.45. The maximum absolute atomic E-state index is 12.3. The summed E-state index contributed by atoms with van der Waals surface area (Å²) in [6.45, 7) is 2.56. The number of amides is 1. The molecular weight excluding hydrogens is 330 g/mol. The van der Waals surface area contributed by atoms with Gasteiger partial charge in [0.25, 0.3) is 0 Å². The van der Waals surface area contributed by atoms with Gasteiger partial charge in [0.05, 0.1) is 12.7 Å². The van der Waals surface area contributed by atoms with E-state index in [0.717, 1.165) is 12.0 Å². The minimum atomic E-state index is -0.991. The van der Waals surface area contributed by atoms with Crippen LogP contribution in [0.2, 0.25) is 0 Å². The summed E-state index contributed by atoms with van der Waals surface area (Å²) in [4.78, 5) is 23.3. The van der Waals surface area contributed by atoms with Crippen LogP contribution >= 0.6 is 0 Å². The van der Waals surface area contributed by atoms with Gasteiger partial charge in [-0.05, 0) is 42.0 Å². The fourth-order valence-corrected chi connectivity index (χ4v) is 2.94. The Morgan fingerprint density at radius 1 is 1.15 bits per heavy atom. The lowest BCUT2D eigenvalue weighted by molar-refractivity contribution is -0.121. The normalized spacial score (nSPS) is 11.6. The molecule has 0 fully saturated rings. The van der Waals surface area contributed by atoms with Crippen molar-refractivity contribution in [1.29, 1.82) is 0 Å². The summed E-state index contributed by atoms with van der Waals surface area (Å²) in [5, 5.41) is 12.0. The second-order valence-electron chi connectivity index (χ2n) is 6.15. The van der Waals surface area contributed by atoms with E-state index < -0.39 is 5.97 Å². The Morgan fingerprint density at radius 3 is 2.50 bits per heavy atom. The van der Waals surface area contributed by atoms with E-state index in [9.17, 15) is 9.59 Å². The Morgan fingerprint density at radius 2 is 1.88 bits per heavy atom. The zero-order valence-corrected chi connectivity index (χ0v) is 15.2. The summed E-state index contributed by atoms with van der Waals surface area (Å²) < 4.78 is 5.26. The molecule has 0 saturated heterocycles. The van der Waals surface area contributed by atoms with E-state index in [1.54, 1.807) is 12.1 Å². The van der Waals surface area contributed by atoms with Crippen LogP contribution in [0.4, 0.5) is 0 Å². The first-order chi connectivity index (χ1) is 12.5. The first-order valence-corrected chi connectivity index (χ1v) is 8.77. The van der Waals surface area contributed by atoms with Gasteiger partial charge in [-0.15, -0.1) is 0 Å². The van der Waals surface area contributed by atoms with E-state index in [1.165, 1.54) is 18.7 Å². The summed E-state index contributed by atoms with van der Waals surface area (Å²) in [6, 6.07) is 14.8. The first-order valence-electron chi connectivity index (χ1n) is 8.77. The van der Waals surface area contributed by atoms with E-state index in [4.69, 9.17) is 9.84 Å². The van der Waals surface area contributed by atoms with Crippen LogP contribution in [0.15, 0.2) is 48.5 Å². The molecule has 2 N–H and O–H groups in total. The van der Waals surface area contributed by atoms with Crippen molar-refractivity contribution in [3.05, 3.63) is 65.2 Å². The average Bonchev–Trinajstić information content (AvgIpc) is 2.66. The molecule has 1 amide bonds. The number of carbonyl (C=O) groups is 2. The lowest BCUT2D eigenvalue weighted by atomic mass is 9.93. The maximum Gasteiger partial charge on any atom is 0.335 e. The number of rotatable bonds is 9. The van der Waals surface area contributed by atoms with Crippen molar-refractivity contribution in [2.75, 3.05) is 13.7 Å². The Labute approximate surface area is 154 Å². The number of carboxylic acid groups (broad SMARTS) is 1. The number of hydrogen-bond acceptors (Lipinski definition) is 3. The van der Waals surface area contributed by atoms with Gasteiger partial charge in [-0.3, -0.25) is 4.79 Å². The molecule has 5 heteroatoms. The molecular formula is C21H25NO4. The van der Waals surface area contributed by atoms with E-state index in [-0.39, 0.29) is 17.4 Å². The molecule has 0 aliphatic heterocycles.